The Morgan fingerprint density at radius 1 is 0.303 bits per heavy atom. The molecule has 0 amide bonds. The molecular weight excluding hydrogens is 821 g/mol. The lowest BCUT2D eigenvalue weighted by atomic mass is 9.70. The van der Waals surface area contributed by atoms with E-state index in [0.717, 1.165) is 44.2 Å². The normalized spacial score (nSPS) is 13.6. The highest BCUT2D eigenvalue weighted by Crippen LogP contribution is 2.64. The maximum absolute atomic E-state index is 7.20. The lowest BCUT2D eigenvalue weighted by molar-refractivity contribution is 0.669. The van der Waals surface area contributed by atoms with Gasteiger partial charge in [0.1, 0.15) is 22.3 Å². The monoisotopic (exact) mass is 854 g/mol. The van der Waals surface area contributed by atoms with Crippen molar-refractivity contribution in [1.29, 1.82) is 0 Å². The molecule has 1 spiro atoms. The summed E-state index contributed by atoms with van der Waals surface area (Å²) in [6.07, 6.45) is 0. The summed E-state index contributed by atoms with van der Waals surface area (Å²) < 4.78 is 16.5. The Labute approximate surface area is 382 Å². The van der Waals surface area contributed by atoms with Gasteiger partial charge in [0.25, 0.3) is 0 Å². The van der Waals surface area contributed by atoms with Gasteiger partial charge in [0.2, 0.25) is 0 Å². The van der Waals surface area contributed by atoms with Crippen LogP contribution in [0.5, 0.6) is 0 Å². The molecule has 0 fully saturated rings. The zero-order valence-electron chi connectivity index (χ0n) is 35.4. The number of benzene rings is 11. The van der Waals surface area contributed by atoms with Gasteiger partial charge in [-0.3, -0.25) is 0 Å². The van der Waals surface area contributed by atoms with Crippen LogP contribution in [0.25, 0.3) is 130 Å². The van der Waals surface area contributed by atoms with Crippen molar-refractivity contribution in [3.63, 3.8) is 0 Å². The van der Waals surface area contributed by atoms with Crippen molar-refractivity contribution in [3.05, 3.63) is 229 Å². The Hall–Kier alpha value is -8.24. The van der Waals surface area contributed by atoms with E-state index in [9.17, 15) is 0 Å². The molecule has 0 saturated heterocycles. The number of thiophene rings is 1. The van der Waals surface area contributed by atoms with Gasteiger partial charge in [0.15, 0.2) is 0 Å². The van der Waals surface area contributed by atoms with Crippen LogP contribution in [-0.2, 0) is 5.41 Å². The summed E-state index contributed by atoms with van der Waals surface area (Å²) >= 11 is 1.85. The van der Waals surface area contributed by atoms with E-state index in [4.69, 9.17) is 8.83 Å². The van der Waals surface area contributed by atoms with Crippen molar-refractivity contribution in [3.8, 4) is 44.5 Å². The summed E-state index contributed by atoms with van der Waals surface area (Å²) in [7, 11) is 0. The van der Waals surface area contributed by atoms with Crippen molar-refractivity contribution in [1.82, 2.24) is 0 Å². The minimum absolute atomic E-state index is 0.424. The number of para-hydroxylation sites is 1. The standard InChI is InChI=1S/C63H34O2S/c1-3-18-40-38(16-1)56(35-28-29-43-53(34-35)64-51-32-33-55-61(59(43)51)44-21-8-12-27-54(44)66-55)39-17-2-4-19-41(39)57(40)45-22-13-23-46-60-52(65-62(45)46)31-30-50-58(60)42-20-7-11-26-49(42)63(50)47-24-9-5-14-36(47)37-15-6-10-25-48(37)63/h1-34H. The Balaban J connectivity index is 0.945. The fourth-order valence-corrected chi connectivity index (χ4v) is 13.7. The van der Waals surface area contributed by atoms with Crippen LogP contribution in [0.15, 0.2) is 215 Å². The Morgan fingerprint density at radius 2 is 0.864 bits per heavy atom. The zero-order chi connectivity index (χ0) is 42.8. The van der Waals surface area contributed by atoms with Crippen LogP contribution in [0.1, 0.15) is 22.3 Å². The van der Waals surface area contributed by atoms with E-state index >= 15 is 0 Å². The Kier molecular flexibility index (Phi) is 6.66. The van der Waals surface area contributed by atoms with Crippen LogP contribution in [0.4, 0.5) is 0 Å². The highest BCUT2D eigenvalue weighted by atomic mass is 32.1. The number of fused-ring (bicyclic) bond motifs is 23. The molecule has 304 valence electrons. The smallest absolute Gasteiger partial charge is 0.143 e. The molecule has 14 aromatic rings. The summed E-state index contributed by atoms with van der Waals surface area (Å²) in [6, 6.07) is 76.1. The van der Waals surface area contributed by atoms with E-state index in [-0.39, 0.29) is 0 Å². The van der Waals surface area contributed by atoms with Crippen molar-refractivity contribution in [2.75, 3.05) is 0 Å². The molecule has 3 heteroatoms. The quantitative estimate of drug-likeness (QED) is 0.162. The second kappa shape index (κ2) is 12.5. The van der Waals surface area contributed by atoms with Crippen LogP contribution in [-0.4, -0.2) is 0 Å². The van der Waals surface area contributed by atoms with Gasteiger partial charge >= 0.3 is 0 Å². The third kappa shape index (κ3) is 4.23. The molecule has 2 aliphatic carbocycles. The third-order valence-corrected chi connectivity index (χ3v) is 16.2. The molecule has 0 bridgehead atoms. The van der Waals surface area contributed by atoms with Crippen molar-refractivity contribution < 1.29 is 8.83 Å². The molecule has 11 aromatic carbocycles. The average Bonchev–Trinajstić information content (AvgIpc) is 4.18. The lowest BCUT2D eigenvalue weighted by Gasteiger charge is -2.30. The van der Waals surface area contributed by atoms with E-state index < -0.39 is 5.41 Å². The SMILES string of the molecule is c1ccc2c(c1)-c1ccccc1C21c2ccccc2-c2c1ccc1oc3c(-c4c5ccccc5c(-c5ccc6c(c5)oc5ccc7sc8ccccc8c7c56)c5ccccc45)cccc3c21. The topological polar surface area (TPSA) is 26.3 Å². The van der Waals surface area contributed by atoms with Gasteiger partial charge in [-0.25, -0.2) is 0 Å². The molecule has 0 unspecified atom stereocenters. The lowest BCUT2D eigenvalue weighted by Crippen LogP contribution is -2.25. The van der Waals surface area contributed by atoms with Crippen LogP contribution in [0.2, 0.25) is 0 Å². The fourth-order valence-electron chi connectivity index (χ4n) is 12.6. The molecule has 0 atom stereocenters. The molecule has 0 N–H and O–H groups in total. The van der Waals surface area contributed by atoms with Gasteiger partial charge in [0, 0.05) is 52.8 Å². The van der Waals surface area contributed by atoms with Gasteiger partial charge in [-0.2, -0.15) is 0 Å². The van der Waals surface area contributed by atoms with E-state index in [0.29, 0.717) is 0 Å². The summed E-state index contributed by atoms with van der Waals surface area (Å²) in [5, 5.41) is 12.0. The first-order valence-electron chi connectivity index (χ1n) is 22.7. The van der Waals surface area contributed by atoms with Crippen molar-refractivity contribution in [2.45, 2.75) is 5.41 Å². The minimum atomic E-state index is -0.424. The van der Waals surface area contributed by atoms with E-state index in [1.54, 1.807) is 0 Å². The second-order valence-electron chi connectivity index (χ2n) is 18.1. The van der Waals surface area contributed by atoms with Gasteiger partial charge in [-0.15, -0.1) is 11.3 Å². The molecular formula is C63H34O2S. The highest BCUT2D eigenvalue weighted by molar-refractivity contribution is 7.26. The average molecular weight is 855 g/mol. The predicted molar refractivity (Wildman–Crippen MR) is 276 cm³/mol. The van der Waals surface area contributed by atoms with Crippen molar-refractivity contribution in [2.24, 2.45) is 0 Å². The number of hydrogen-bond donors (Lipinski definition) is 0. The van der Waals surface area contributed by atoms with Gasteiger partial charge in [-0.1, -0.05) is 170 Å². The first kappa shape index (κ1) is 35.2. The first-order valence-corrected chi connectivity index (χ1v) is 23.6. The zero-order valence-corrected chi connectivity index (χ0v) is 36.2. The molecule has 2 nitrogen and oxygen atoms in total. The van der Waals surface area contributed by atoms with Gasteiger partial charge in [0.05, 0.1) is 5.41 Å². The summed E-state index contributed by atoms with van der Waals surface area (Å²) in [6.45, 7) is 0. The molecule has 66 heavy (non-hydrogen) atoms. The van der Waals surface area contributed by atoms with Crippen molar-refractivity contribution >= 4 is 96.9 Å². The minimum Gasteiger partial charge on any atom is -0.456 e. The molecule has 3 aromatic heterocycles. The number of furan rings is 2. The fraction of sp³-hybridized carbons (Fsp3) is 0.0159. The van der Waals surface area contributed by atoms with Gasteiger partial charge < -0.3 is 8.83 Å². The molecule has 0 saturated carbocycles. The summed E-state index contributed by atoms with van der Waals surface area (Å²) in [5.74, 6) is 0. The number of rotatable bonds is 2. The van der Waals surface area contributed by atoms with E-state index in [2.05, 4.69) is 206 Å². The third-order valence-electron chi connectivity index (χ3n) is 15.1. The summed E-state index contributed by atoms with van der Waals surface area (Å²) in [4.78, 5) is 0. The largest absolute Gasteiger partial charge is 0.456 e. The molecule has 3 heterocycles. The Bertz CT molecular complexity index is 4380. The van der Waals surface area contributed by atoms with Crippen LogP contribution < -0.4 is 0 Å². The molecule has 0 aliphatic heterocycles. The number of hydrogen-bond acceptors (Lipinski definition) is 3. The summed E-state index contributed by atoms with van der Waals surface area (Å²) in [5.41, 5.74) is 18.3. The van der Waals surface area contributed by atoms with Crippen LogP contribution in [0.3, 0.4) is 0 Å². The first-order chi connectivity index (χ1) is 32.8. The van der Waals surface area contributed by atoms with Crippen LogP contribution >= 0.6 is 11.3 Å². The Morgan fingerprint density at radius 3 is 1.59 bits per heavy atom. The van der Waals surface area contributed by atoms with Crippen LogP contribution in [0, 0.1) is 0 Å². The highest BCUT2D eigenvalue weighted by Gasteiger charge is 2.52. The molecule has 16 rings (SSSR count). The molecule has 0 radical (unpaired) electrons. The van der Waals surface area contributed by atoms with Gasteiger partial charge in [-0.05, 0) is 114 Å². The van der Waals surface area contributed by atoms with E-state index in [1.807, 2.05) is 11.3 Å². The maximum atomic E-state index is 7.20. The maximum Gasteiger partial charge on any atom is 0.143 e. The molecule has 2 aliphatic rings. The second-order valence-corrected chi connectivity index (χ2v) is 19.2. The van der Waals surface area contributed by atoms with E-state index in [1.165, 1.54) is 108 Å². The predicted octanol–water partition coefficient (Wildman–Crippen LogP) is 17.8.